The van der Waals surface area contributed by atoms with Gasteiger partial charge in [-0.05, 0) is 32.0 Å². The zero-order valence-corrected chi connectivity index (χ0v) is 13.6. The van der Waals surface area contributed by atoms with Crippen molar-refractivity contribution in [1.29, 1.82) is 0 Å². The third-order valence-corrected chi connectivity index (χ3v) is 3.91. The molecule has 0 bridgehead atoms. The highest BCUT2D eigenvalue weighted by Gasteiger charge is 2.33. The topological polar surface area (TPSA) is 42.8 Å². The molecule has 0 spiro atoms. The van der Waals surface area contributed by atoms with Crippen LogP contribution in [0.15, 0.2) is 18.2 Å². The van der Waals surface area contributed by atoms with Crippen molar-refractivity contribution in [2.45, 2.75) is 32.2 Å². The van der Waals surface area contributed by atoms with Gasteiger partial charge >= 0.3 is 6.18 Å². The zero-order valence-electron chi connectivity index (χ0n) is 12.8. The van der Waals surface area contributed by atoms with Crippen LogP contribution >= 0.6 is 11.6 Å². The van der Waals surface area contributed by atoms with Crippen LogP contribution in [-0.4, -0.2) is 37.7 Å². The molecule has 128 valence electrons. The lowest BCUT2D eigenvalue weighted by molar-refractivity contribution is -0.907. The zero-order chi connectivity index (χ0) is 17.2. The minimum atomic E-state index is -4.56. The SMILES string of the molecule is C[C@@H]1C[NH+](CC(=O)Nc2ccc(Cl)c(C(F)(F)F)c2)C[C@H](C)O1. The van der Waals surface area contributed by atoms with Crippen LogP contribution in [0.2, 0.25) is 5.02 Å². The fraction of sp³-hybridized carbons (Fsp3) is 0.533. The molecule has 1 unspecified atom stereocenters. The Balaban J connectivity index is 2.00. The smallest absolute Gasteiger partial charge is 0.364 e. The summed E-state index contributed by atoms with van der Waals surface area (Å²) in [6, 6.07) is 3.33. The minimum absolute atomic E-state index is 0.0499. The molecule has 0 saturated carbocycles. The Morgan fingerprint density at radius 2 is 1.96 bits per heavy atom. The van der Waals surface area contributed by atoms with Gasteiger partial charge in [0.05, 0.1) is 10.6 Å². The number of alkyl halides is 3. The summed E-state index contributed by atoms with van der Waals surface area (Å²) in [7, 11) is 0. The van der Waals surface area contributed by atoms with Crippen LogP contribution in [-0.2, 0) is 15.7 Å². The van der Waals surface area contributed by atoms with Crippen molar-refractivity contribution in [3.63, 3.8) is 0 Å². The number of benzene rings is 1. The van der Waals surface area contributed by atoms with E-state index in [1.165, 1.54) is 6.07 Å². The van der Waals surface area contributed by atoms with Crippen LogP contribution in [0.3, 0.4) is 0 Å². The lowest BCUT2D eigenvalue weighted by atomic mass is 10.2. The van der Waals surface area contributed by atoms with E-state index in [1.807, 2.05) is 13.8 Å². The van der Waals surface area contributed by atoms with Crippen LogP contribution in [0.5, 0.6) is 0 Å². The van der Waals surface area contributed by atoms with E-state index in [0.717, 1.165) is 17.0 Å². The molecular weight excluding hydrogens is 333 g/mol. The number of nitrogens with one attached hydrogen (secondary N) is 2. The summed E-state index contributed by atoms with van der Waals surface area (Å²) < 4.78 is 44.0. The van der Waals surface area contributed by atoms with Gasteiger partial charge in [-0.3, -0.25) is 4.79 Å². The molecule has 8 heteroatoms. The molecule has 0 radical (unpaired) electrons. The van der Waals surface area contributed by atoms with Crippen LogP contribution < -0.4 is 10.2 Å². The molecule has 1 aliphatic rings. The van der Waals surface area contributed by atoms with Gasteiger partial charge in [0.25, 0.3) is 5.91 Å². The second kappa shape index (κ2) is 7.07. The number of amides is 1. The highest BCUT2D eigenvalue weighted by molar-refractivity contribution is 6.31. The predicted molar refractivity (Wildman–Crippen MR) is 80.7 cm³/mol. The number of hydrogen-bond acceptors (Lipinski definition) is 2. The molecule has 1 amide bonds. The van der Waals surface area contributed by atoms with E-state index in [1.54, 1.807) is 0 Å². The summed E-state index contributed by atoms with van der Waals surface area (Å²) in [6.45, 7) is 5.42. The summed E-state index contributed by atoms with van der Waals surface area (Å²) >= 11 is 5.55. The van der Waals surface area contributed by atoms with E-state index in [-0.39, 0.29) is 30.3 Å². The third-order valence-electron chi connectivity index (χ3n) is 3.58. The van der Waals surface area contributed by atoms with Gasteiger partial charge in [0.1, 0.15) is 25.3 Å². The summed E-state index contributed by atoms with van der Waals surface area (Å²) in [5.41, 5.74) is -0.876. The predicted octanol–water partition coefficient (Wildman–Crippen LogP) is 1.99. The van der Waals surface area contributed by atoms with Gasteiger partial charge in [-0.25, -0.2) is 0 Å². The van der Waals surface area contributed by atoms with E-state index in [9.17, 15) is 18.0 Å². The highest BCUT2D eigenvalue weighted by atomic mass is 35.5. The maximum absolute atomic E-state index is 12.8. The molecule has 4 nitrogen and oxygen atoms in total. The lowest BCUT2D eigenvalue weighted by Crippen LogP contribution is -3.16. The molecule has 1 aliphatic heterocycles. The van der Waals surface area contributed by atoms with E-state index < -0.39 is 16.8 Å². The second-order valence-electron chi connectivity index (χ2n) is 5.83. The Hall–Kier alpha value is -1.31. The van der Waals surface area contributed by atoms with Crippen molar-refractivity contribution in [2.75, 3.05) is 25.0 Å². The lowest BCUT2D eigenvalue weighted by Gasteiger charge is -2.31. The quantitative estimate of drug-likeness (QED) is 0.874. The Morgan fingerprint density at radius 1 is 1.35 bits per heavy atom. The van der Waals surface area contributed by atoms with Crippen molar-refractivity contribution in [3.05, 3.63) is 28.8 Å². The second-order valence-corrected chi connectivity index (χ2v) is 6.24. The molecule has 1 fully saturated rings. The standard InChI is InChI=1S/C15H18ClF3N2O2/c1-9-6-21(7-10(2)23-9)8-14(22)20-11-3-4-13(16)12(5-11)15(17,18)19/h3-5,9-10H,6-8H2,1-2H3,(H,20,22)/p+1/t9-,10+. The Labute approximate surface area is 137 Å². The number of carbonyl (C=O) groups is 1. The van der Waals surface area contributed by atoms with Crippen molar-refractivity contribution in [3.8, 4) is 0 Å². The third kappa shape index (κ3) is 5.09. The average Bonchev–Trinajstić information content (AvgIpc) is 2.38. The highest BCUT2D eigenvalue weighted by Crippen LogP contribution is 2.36. The summed E-state index contributed by atoms with van der Waals surface area (Å²) in [5, 5.41) is 2.11. The van der Waals surface area contributed by atoms with Crippen LogP contribution in [0.25, 0.3) is 0 Å². The Bertz CT molecular complexity index is 570. The molecule has 1 saturated heterocycles. The molecule has 0 aliphatic carbocycles. The fourth-order valence-electron chi connectivity index (χ4n) is 2.79. The maximum Gasteiger partial charge on any atom is 0.417 e. The first-order valence-corrected chi connectivity index (χ1v) is 7.68. The van der Waals surface area contributed by atoms with Gasteiger partial charge in [0, 0.05) is 5.69 Å². The maximum atomic E-state index is 12.8. The number of carbonyl (C=O) groups excluding carboxylic acids is 1. The van der Waals surface area contributed by atoms with E-state index >= 15 is 0 Å². The number of hydrogen-bond donors (Lipinski definition) is 2. The first kappa shape index (κ1) is 18.0. The number of morpholine rings is 1. The van der Waals surface area contributed by atoms with Gasteiger partial charge < -0.3 is 15.0 Å². The molecule has 0 aromatic heterocycles. The van der Waals surface area contributed by atoms with E-state index in [2.05, 4.69) is 5.32 Å². The Morgan fingerprint density at radius 3 is 2.52 bits per heavy atom. The first-order valence-electron chi connectivity index (χ1n) is 7.30. The van der Waals surface area contributed by atoms with Gasteiger partial charge in [-0.1, -0.05) is 11.6 Å². The number of ether oxygens (including phenoxy) is 1. The number of rotatable bonds is 3. The summed E-state index contributed by atoms with van der Waals surface area (Å²) in [4.78, 5) is 13.1. The van der Waals surface area contributed by atoms with Gasteiger partial charge in [0.2, 0.25) is 0 Å². The molecule has 1 aromatic rings. The largest absolute Gasteiger partial charge is 0.417 e. The van der Waals surface area contributed by atoms with Crippen molar-refractivity contribution < 1.29 is 27.6 Å². The van der Waals surface area contributed by atoms with Crippen LogP contribution in [0.4, 0.5) is 18.9 Å². The average molecular weight is 352 g/mol. The number of halogens is 4. The fourth-order valence-corrected chi connectivity index (χ4v) is 3.01. The number of anilines is 1. The van der Waals surface area contributed by atoms with Gasteiger partial charge in [0.15, 0.2) is 6.54 Å². The molecule has 1 heterocycles. The molecule has 2 rings (SSSR count). The monoisotopic (exact) mass is 351 g/mol. The molecule has 3 atom stereocenters. The van der Waals surface area contributed by atoms with Crippen LogP contribution in [0.1, 0.15) is 19.4 Å². The van der Waals surface area contributed by atoms with Gasteiger partial charge in [-0.2, -0.15) is 13.2 Å². The molecular formula is C15H19ClF3N2O2+. The summed E-state index contributed by atoms with van der Waals surface area (Å²) in [5.74, 6) is -0.336. The van der Waals surface area contributed by atoms with E-state index in [4.69, 9.17) is 16.3 Å². The van der Waals surface area contributed by atoms with Gasteiger partial charge in [-0.15, -0.1) is 0 Å². The normalized spacial score (nSPS) is 25.2. The van der Waals surface area contributed by atoms with Crippen LogP contribution in [0, 0.1) is 0 Å². The number of quaternary nitrogens is 1. The first-order chi connectivity index (χ1) is 10.6. The van der Waals surface area contributed by atoms with Crippen molar-refractivity contribution >= 4 is 23.2 Å². The summed E-state index contributed by atoms with van der Waals surface area (Å²) in [6.07, 6.45) is -4.46. The minimum Gasteiger partial charge on any atom is -0.364 e. The Kier molecular flexibility index (Phi) is 5.54. The molecule has 2 N–H and O–H groups in total. The molecule has 23 heavy (non-hydrogen) atoms. The van der Waals surface area contributed by atoms with Crippen molar-refractivity contribution in [2.24, 2.45) is 0 Å². The van der Waals surface area contributed by atoms with E-state index in [0.29, 0.717) is 13.1 Å². The molecule has 1 aromatic carbocycles. The van der Waals surface area contributed by atoms with Crippen molar-refractivity contribution in [1.82, 2.24) is 0 Å².